The van der Waals surface area contributed by atoms with Gasteiger partial charge in [-0.1, -0.05) is 37.3 Å². The van der Waals surface area contributed by atoms with Crippen molar-refractivity contribution in [2.24, 2.45) is 5.92 Å². The molecule has 0 saturated heterocycles. The summed E-state index contributed by atoms with van der Waals surface area (Å²) in [6.07, 6.45) is 9.67. The third kappa shape index (κ3) is 5.94. The summed E-state index contributed by atoms with van der Waals surface area (Å²) < 4.78 is 0. The van der Waals surface area contributed by atoms with E-state index in [1.54, 1.807) is 0 Å². The number of hydrogen-bond acceptors (Lipinski definition) is 3. The molecule has 1 N–H and O–H groups in total. The van der Waals surface area contributed by atoms with Gasteiger partial charge in [-0.15, -0.1) is 11.3 Å². The van der Waals surface area contributed by atoms with Gasteiger partial charge >= 0.3 is 0 Å². The minimum Gasteiger partial charge on any atom is -0.356 e. The number of benzene rings is 1. The maximum atomic E-state index is 12.1. The van der Waals surface area contributed by atoms with Gasteiger partial charge < -0.3 is 5.32 Å². The maximum absolute atomic E-state index is 12.1. The number of carbonyl (C=O) groups excluding carboxylic acids is 1. The number of aromatic nitrogens is 1. The van der Waals surface area contributed by atoms with Crippen molar-refractivity contribution < 1.29 is 4.79 Å². The maximum Gasteiger partial charge on any atom is 0.220 e. The molecule has 3 rings (SSSR count). The lowest BCUT2D eigenvalue weighted by Gasteiger charge is -2.11. The fourth-order valence-electron chi connectivity index (χ4n) is 3.53. The third-order valence-corrected chi connectivity index (χ3v) is 6.30. The lowest BCUT2D eigenvalue weighted by Crippen LogP contribution is -2.26. The Morgan fingerprint density at radius 2 is 2.00 bits per heavy atom. The Morgan fingerprint density at radius 3 is 2.81 bits per heavy atom. The molecule has 1 amide bonds. The first-order valence-corrected chi connectivity index (χ1v) is 10.8. The highest BCUT2D eigenvalue weighted by molar-refractivity contribution is 7.11. The predicted octanol–water partition coefficient (Wildman–Crippen LogP) is 4.73. The molecule has 140 valence electrons. The molecule has 3 nitrogen and oxygen atoms in total. The highest BCUT2D eigenvalue weighted by atomic mass is 32.1. The lowest BCUT2D eigenvalue weighted by molar-refractivity contribution is -0.121. The Labute approximate surface area is 161 Å². The first-order chi connectivity index (χ1) is 12.7. The molecule has 1 aromatic carbocycles. The van der Waals surface area contributed by atoms with Crippen LogP contribution in [0.2, 0.25) is 0 Å². The number of hydrogen-bond donors (Lipinski definition) is 1. The largest absolute Gasteiger partial charge is 0.356 e. The molecule has 0 bridgehead atoms. The average Bonchev–Trinajstić information content (AvgIpc) is 3.07. The number of thiazole rings is 1. The van der Waals surface area contributed by atoms with Crippen molar-refractivity contribution in [3.63, 3.8) is 0 Å². The smallest absolute Gasteiger partial charge is 0.220 e. The summed E-state index contributed by atoms with van der Waals surface area (Å²) in [5.74, 6) is 0.602. The Bertz CT molecular complexity index is 672. The van der Waals surface area contributed by atoms with Gasteiger partial charge in [0.2, 0.25) is 5.91 Å². The molecular formula is C22H30N2OS. The molecule has 1 heterocycles. The summed E-state index contributed by atoms with van der Waals surface area (Å²) in [5, 5.41) is 4.33. The van der Waals surface area contributed by atoms with E-state index in [4.69, 9.17) is 4.98 Å². The molecule has 0 saturated carbocycles. The quantitative estimate of drug-likeness (QED) is 0.648. The minimum atomic E-state index is 0.184. The fraction of sp³-hybridized carbons (Fsp3) is 0.545. The van der Waals surface area contributed by atoms with Crippen molar-refractivity contribution in [3.05, 3.63) is 51.5 Å². The number of aryl methyl sites for hydroxylation is 4. The summed E-state index contributed by atoms with van der Waals surface area (Å²) >= 11 is 1.89. The average molecular weight is 371 g/mol. The van der Waals surface area contributed by atoms with E-state index in [-0.39, 0.29) is 5.91 Å². The summed E-state index contributed by atoms with van der Waals surface area (Å²) in [7, 11) is 0. The third-order valence-electron chi connectivity index (χ3n) is 5.08. The Balaban J connectivity index is 1.29. The number of carbonyl (C=O) groups is 1. The van der Waals surface area contributed by atoms with E-state index in [0.29, 0.717) is 12.3 Å². The molecule has 4 heteroatoms. The first kappa shape index (κ1) is 19.1. The van der Waals surface area contributed by atoms with Crippen LogP contribution in [-0.4, -0.2) is 17.4 Å². The van der Waals surface area contributed by atoms with Gasteiger partial charge in [-0.25, -0.2) is 4.98 Å². The predicted molar refractivity (Wildman–Crippen MR) is 109 cm³/mol. The van der Waals surface area contributed by atoms with Gasteiger partial charge in [0.1, 0.15) is 0 Å². The van der Waals surface area contributed by atoms with Crippen molar-refractivity contribution >= 4 is 17.2 Å². The van der Waals surface area contributed by atoms with Gasteiger partial charge in [-0.3, -0.25) is 4.79 Å². The highest BCUT2D eigenvalue weighted by Crippen LogP contribution is 2.27. The second-order valence-corrected chi connectivity index (χ2v) is 8.64. The van der Waals surface area contributed by atoms with Crippen LogP contribution in [0.15, 0.2) is 30.3 Å². The van der Waals surface area contributed by atoms with Crippen LogP contribution in [0.25, 0.3) is 0 Å². The normalized spacial score (nSPS) is 14.7. The SMILES string of the molecule is CC(CCc1ccccc1)CC(=O)NCCCc1nc2c(s1)CCCC2. The molecule has 0 spiro atoms. The molecule has 0 radical (unpaired) electrons. The van der Waals surface area contributed by atoms with E-state index in [9.17, 15) is 4.79 Å². The summed E-state index contributed by atoms with van der Waals surface area (Å²) in [6.45, 7) is 2.93. The number of nitrogens with zero attached hydrogens (tertiary/aromatic N) is 1. The zero-order valence-corrected chi connectivity index (χ0v) is 16.6. The van der Waals surface area contributed by atoms with Gasteiger partial charge in [0.25, 0.3) is 0 Å². The van der Waals surface area contributed by atoms with Crippen LogP contribution in [0.3, 0.4) is 0 Å². The standard InChI is InChI=1S/C22H30N2OS/c1-17(13-14-18-8-3-2-4-9-18)16-21(25)23-15-7-12-22-24-19-10-5-6-11-20(19)26-22/h2-4,8-9,17H,5-7,10-16H2,1H3,(H,23,25). The second-order valence-electron chi connectivity index (χ2n) is 7.47. The number of rotatable bonds is 9. The van der Waals surface area contributed by atoms with Crippen molar-refractivity contribution in [3.8, 4) is 0 Å². The molecule has 1 aromatic heterocycles. The highest BCUT2D eigenvalue weighted by Gasteiger charge is 2.15. The van der Waals surface area contributed by atoms with Crippen molar-refractivity contribution in [2.75, 3.05) is 6.54 Å². The molecule has 1 aliphatic carbocycles. The first-order valence-electron chi connectivity index (χ1n) is 9.99. The van der Waals surface area contributed by atoms with Crippen LogP contribution in [-0.2, 0) is 30.5 Å². The molecule has 1 unspecified atom stereocenters. The van der Waals surface area contributed by atoms with Crippen LogP contribution in [0.4, 0.5) is 0 Å². The van der Waals surface area contributed by atoms with E-state index in [1.165, 1.54) is 40.4 Å². The van der Waals surface area contributed by atoms with E-state index in [0.717, 1.165) is 38.6 Å². The Morgan fingerprint density at radius 1 is 1.19 bits per heavy atom. The van der Waals surface area contributed by atoms with Gasteiger partial charge in [0.15, 0.2) is 0 Å². The van der Waals surface area contributed by atoms with Gasteiger partial charge in [-0.05, 0) is 56.4 Å². The molecule has 1 atom stereocenters. The molecule has 0 aliphatic heterocycles. The van der Waals surface area contributed by atoms with Crippen LogP contribution in [0.1, 0.15) is 60.2 Å². The zero-order valence-electron chi connectivity index (χ0n) is 15.8. The second kappa shape index (κ2) is 9.86. The topological polar surface area (TPSA) is 42.0 Å². The van der Waals surface area contributed by atoms with E-state index in [1.807, 2.05) is 17.4 Å². The van der Waals surface area contributed by atoms with Gasteiger partial charge in [0, 0.05) is 24.3 Å². The summed E-state index contributed by atoms with van der Waals surface area (Å²) in [6, 6.07) is 10.5. The van der Waals surface area contributed by atoms with Crippen molar-refractivity contribution in [1.29, 1.82) is 0 Å². The fourth-order valence-corrected chi connectivity index (χ4v) is 4.73. The Hall–Kier alpha value is -1.68. The zero-order chi connectivity index (χ0) is 18.2. The van der Waals surface area contributed by atoms with E-state index in [2.05, 4.69) is 36.5 Å². The molecule has 0 fully saturated rings. The van der Waals surface area contributed by atoms with Crippen LogP contribution >= 0.6 is 11.3 Å². The van der Waals surface area contributed by atoms with E-state index < -0.39 is 0 Å². The molecule has 26 heavy (non-hydrogen) atoms. The van der Waals surface area contributed by atoms with Crippen molar-refractivity contribution in [1.82, 2.24) is 10.3 Å². The minimum absolute atomic E-state index is 0.184. The molecule has 2 aromatic rings. The number of amides is 1. The molecule has 1 aliphatic rings. The Kier molecular flexibility index (Phi) is 7.24. The van der Waals surface area contributed by atoms with Gasteiger partial charge in [0.05, 0.1) is 10.7 Å². The summed E-state index contributed by atoms with van der Waals surface area (Å²) in [4.78, 5) is 18.4. The van der Waals surface area contributed by atoms with Crippen LogP contribution in [0.5, 0.6) is 0 Å². The molecular weight excluding hydrogens is 340 g/mol. The van der Waals surface area contributed by atoms with Gasteiger partial charge in [-0.2, -0.15) is 0 Å². The van der Waals surface area contributed by atoms with Crippen molar-refractivity contribution in [2.45, 2.75) is 64.7 Å². The summed E-state index contributed by atoms with van der Waals surface area (Å²) in [5.41, 5.74) is 2.69. The monoisotopic (exact) mass is 370 g/mol. The van der Waals surface area contributed by atoms with Crippen LogP contribution in [0, 0.1) is 5.92 Å². The van der Waals surface area contributed by atoms with Crippen LogP contribution < -0.4 is 5.32 Å². The lowest BCUT2D eigenvalue weighted by atomic mass is 9.98. The van der Waals surface area contributed by atoms with E-state index >= 15 is 0 Å². The number of nitrogens with one attached hydrogen (secondary N) is 1. The number of fused-ring (bicyclic) bond motifs is 1.